The summed E-state index contributed by atoms with van der Waals surface area (Å²) in [5.41, 5.74) is 0.583. The molecule has 0 saturated carbocycles. The predicted molar refractivity (Wildman–Crippen MR) is 92.4 cm³/mol. The first-order valence-electron chi connectivity index (χ1n) is 7.92. The number of halogens is 2. The Morgan fingerprint density at radius 2 is 2.21 bits per heavy atom. The van der Waals surface area contributed by atoms with Crippen molar-refractivity contribution in [3.63, 3.8) is 0 Å². The number of likely N-dealkylation sites (tertiary alicyclic amines) is 1. The summed E-state index contributed by atoms with van der Waals surface area (Å²) in [6.07, 6.45) is 1.84. The first kappa shape index (κ1) is 18.5. The fourth-order valence-corrected chi connectivity index (χ4v) is 3.27. The van der Waals surface area contributed by atoms with Crippen molar-refractivity contribution in [3.05, 3.63) is 29.6 Å². The molecule has 0 aliphatic carbocycles. The number of carbonyl (C=O) groups excluding carboxylic acids is 2. The van der Waals surface area contributed by atoms with Gasteiger partial charge in [-0.2, -0.15) is 0 Å². The summed E-state index contributed by atoms with van der Waals surface area (Å²) in [5.74, 6) is -0.852. The van der Waals surface area contributed by atoms with E-state index in [4.69, 9.17) is 0 Å². The van der Waals surface area contributed by atoms with Crippen molar-refractivity contribution in [3.8, 4) is 0 Å². The van der Waals surface area contributed by atoms with Crippen LogP contribution in [0.25, 0.3) is 0 Å². The lowest BCUT2D eigenvalue weighted by Crippen LogP contribution is -2.41. The van der Waals surface area contributed by atoms with E-state index in [9.17, 15) is 14.0 Å². The van der Waals surface area contributed by atoms with E-state index in [1.807, 2.05) is 7.05 Å². The first-order valence-corrected chi connectivity index (χ1v) is 7.92. The standard InChI is InChI=1S/C16H21FN4O2.ClH/c1-18-10-12-3-2-7-20(12)15(22)13-9-11(4-5-14(13)17)21-8-6-19-16(21)23;/h4-5,9,12,18H,2-3,6-8,10H2,1H3,(H,19,23);1H. The van der Waals surface area contributed by atoms with Gasteiger partial charge in [-0.1, -0.05) is 0 Å². The van der Waals surface area contributed by atoms with Gasteiger partial charge >= 0.3 is 6.03 Å². The van der Waals surface area contributed by atoms with Gasteiger partial charge < -0.3 is 15.5 Å². The van der Waals surface area contributed by atoms with Gasteiger partial charge in [0.2, 0.25) is 0 Å². The summed E-state index contributed by atoms with van der Waals surface area (Å²) in [5, 5.41) is 5.77. The molecule has 6 nitrogen and oxygen atoms in total. The van der Waals surface area contributed by atoms with Crippen LogP contribution >= 0.6 is 12.4 Å². The number of nitrogens with one attached hydrogen (secondary N) is 2. The van der Waals surface area contributed by atoms with Gasteiger partial charge in [-0.3, -0.25) is 9.69 Å². The summed E-state index contributed by atoms with van der Waals surface area (Å²) in [6.45, 7) is 2.40. The largest absolute Gasteiger partial charge is 0.336 e. The lowest BCUT2D eigenvalue weighted by molar-refractivity contribution is 0.0732. The van der Waals surface area contributed by atoms with Crippen LogP contribution in [0.4, 0.5) is 14.9 Å². The minimum Gasteiger partial charge on any atom is -0.336 e. The Morgan fingerprint density at radius 1 is 1.42 bits per heavy atom. The molecule has 8 heteroatoms. The van der Waals surface area contributed by atoms with Crippen LogP contribution in [0.15, 0.2) is 18.2 Å². The van der Waals surface area contributed by atoms with Crippen LogP contribution in [0.1, 0.15) is 23.2 Å². The van der Waals surface area contributed by atoms with Gasteiger partial charge in [0.05, 0.1) is 5.56 Å². The zero-order chi connectivity index (χ0) is 16.4. The Hall–Kier alpha value is -1.86. The van der Waals surface area contributed by atoms with Crippen molar-refractivity contribution in [2.45, 2.75) is 18.9 Å². The van der Waals surface area contributed by atoms with Crippen molar-refractivity contribution in [2.75, 3.05) is 38.1 Å². The van der Waals surface area contributed by atoms with E-state index >= 15 is 0 Å². The average molecular weight is 357 g/mol. The molecular weight excluding hydrogens is 335 g/mol. The molecule has 2 fully saturated rings. The molecule has 1 aromatic carbocycles. The number of hydrogen-bond donors (Lipinski definition) is 2. The van der Waals surface area contributed by atoms with Gasteiger partial charge in [0.15, 0.2) is 0 Å². The minimum atomic E-state index is -0.548. The van der Waals surface area contributed by atoms with Gasteiger partial charge in [0.1, 0.15) is 5.82 Å². The molecule has 2 aliphatic rings. The maximum absolute atomic E-state index is 14.2. The zero-order valence-electron chi connectivity index (χ0n) is 13.5. The second kappa shape index (κ2) is 7.81. The van der Waals surface area contributed by atoms with Crippen molar-refractivity contribution < 1.29 is 14.0 Å². The maximum atomic E-state index is 14.2. The van der Waals surface area contributed by atoms with E-state index in [1.54, 1.807) is 4.90 Å². The highest BCUT2D eigenvalue weighted by Gasteiger charge is 2.31. The molecule has 1 aromatic rings. The third kappa shape index (κ3) is 3.47. The molecule has 2 N–H and O–H groups in total. The molecule has 2 heterocycles. The molecule has 2 saturated heterocycles. The van der Waals surface area contributed by atoms with Crippen molar-refractivity contribution in [1.29, 1.82) is 0 Å². The number of rotatable bonds is 4. The minimum absolute atomic E-state index is 0. The normalized spacial score (nSPS) is 20.1. The quantitative estimate of drug-likeness (QED) is 0.861. The van der Waals surface area contributed by atoms with Crippen molar-refractivity contribution in [2.24, 2.45) is 0 Å². The van der Waals surface area contributed by atoms with E-state index < -0.39 is 5.82 Å². The van der Waals surface area contributed by atoms with Crippen molar-refractivity contribution in [1.82, 2.24) is 15.5 Å². The molecule has 1 atom stereocenters. The van der Waals surface area contributed by atoms with Crippen LogP contribution < -0.4 is 15.5 Å². The SMILES string of the molecule is CNCC1CCCN1C(=O)c1cc(N2CCNC2=O)ccc1F.Cl. The molecule has 3 rings (SSSR count). The molecule has 2 aliphatic heterocycles. The highest BCUT2D eigenvalue weighted by atomic mass is 35.5. The Bertz CT molecular complexity index is 628. The number of nitrogens with zero attached hydrogens (tertiary/aromatic N) is 2. The van der Waals surface area contributed by atoms with Crippen LogP contribution in [-0.2, 0) is 0 Å². The molecule has 24 heavy (non-hydrogen) atoms. The number of anilines is 1. The fraction of sp³-hybridized carbons (Fsp3) is 0.500. The molecule has 0 radical (unpaired) electrons. The van der Waals surface area contributed by atoms with Crippen LogP contribution in [0.5, 0.6) is 0 Å². The molecule has 0 bridgehead atoms. The molecule has 3 amide bonds. The molecule has 132 valence electrons. The van der Waals surface area contributed by atoms with E-state index in [2.05, 4.69) is 10.6 Å². The summed E-state index contributed by atoms with van der Waals surface area (Å²) in [6, 6.07) is 4.15. The van der Waals surface area contributed by atoms with Crippen LogP contribution in [0.2, 0.25) is 0 Å². The third-order valence-electron chi connectivity index (χ3n) is 4.43. The van der Waals surface area contributed by atoms with Gasteiger partial charge in [-0.25, -0.2) is 9.18 Å². The van der Waals surface area contributed by atoms with E-state index in [0.29, 0.717) is 31.9 Å². The number of likely N-dealkylation sites (N-methyl/N-ethyl adjacent to an activating group) is 1. The smallest absolute Gasteiger partial charge is 0.321 e. The van der Waals surface area contributed by atoms with E-state index in [-0.39, 0.29) is 36.0 Å². The number of hydrogen-bond acceptors (Lipinski definition) is 3. The highest BCUT2D eigenvalue weighted by molar-refractivity contribution is 5.99. The molecular formula is C16H22ClFN4O2. The Balaban J connectivity index is 0.00000208. The topological polar surface area (TPSA) is 64.7 Å². The maximum Gasteiger partial charge on any atom is 0.321 e. The van der Waals surface area contributed by atoms with E-state index in [0.717, 1.165) is 12.8 Å². The lowest BCUT2D eigenvalue weighted by Gasteiger charge is -2.25. The Kier molecular flexibility index (Phi) is 6.01. The fourth-order valence-electron chi connectivity index (χ4n) is 3.27. The second-order valence-electron chi connectivity index (χ2n) is 5.90. The summed E-state index contributed by atoms with van der Waals surface area (Å²) in [7, 11) is 1.84. The lowest BCUT2D eigenvalue weighted by atomic mass is 10.1. The van der Waals surface area contributed by atoms with Gasteiger partial charge in [-0.05, 0) is 38.1 Å². The first-order chi connectivity index (χ1) is 11.1. The number of urea groups is 1. The van der Waals surface area contributed by atoms with Gasteiger partial charge in [0.25, 0.3) is 5.91 Å². The predicted octanol–water partition coefficient (Wildman–Crippen LogP) is 1.60. The Morgan fingerprint density at radius 3 is 2.88 bits per heavy atom. The molecule has 0 spiro atoms. The molecule has 1 unspecified atom stereocenters. The highest BCUT2D eigenvalue weighted by Crippen LogP contribution is 2.25. The number of benzene rings is 1. The van der Waals surface area contributed by atoms with Crippen LogP contribution in [-0.4, -0.2) is 56.1 Å². The second-order valence-corrected chi connectivity index (χ2v) is 5.90. The summed E-state index contributed by atoms with van der Waals surface area (Å²) >= 11 is 0. The third-order valence-corrected chi connectivity index (χ3v) is 4.43. The van der Waals surface area contributed by atoms with E-state index in [1.165, 1.54) is 23.1 Å². The van der Waals surface area contributed by atoms with Gasteiger partial charge in [-0.15, -0.1) is 12.4 Å². The van der Waals surface area contributed by atoms with Crippen LogP contribution in [0.3, 0.4) is 0 Å². The summed E-state index contributed by atoms with van der Waals surface area (Å²) in [4.78, 5) is 27.7. The van der Waals surface area contributed by atoms with Gasteiger partial charge in [0, 0.05) is 37.9 Å². The monoisotopic (exact) mass is 356 g/mol. The Labute approximate surface area is 146 Å². The average Bonchev–Trinajstić information content (AvgIpc) is 3.17. The summed E-state index contributed by atoms with van der Waals surface area (Å²) < 4.78 is 14.2. The number of amides is 3. The number of carbonyl (C=O) groups is 2. The van der Waals surface area contributed by atoms with Crippen LogP contribution in [0, 0.1) is 5.82 Å². The molecule has 0 aromatic heterocycles. The van der Waals surface area contributed by atoms with Crippen molar-refractivity contribution >= 4 is 30.0 Å². The zero-order valence-corrected chi connectivity index (χ0v) is 14.4.